The van der Waals surface area contributed by atoms with Gasteiger partial charge in [-0.3, -0.25) is 9.59 Å². The van der Waals surface area contributed by atoms with Gasteiger partial charge in [0.25, 0.3) is 0 Å². The number of amides is 2. The highest BCUT2D eigenvalue weighted by Crippen LogP contribution is 2.40. The highest BCUT2D eigenvalue weighted by molar-refractivity contribution is 7.89. The third kappa shape index (κ3) is 4.97. The number of benzene rings is 2. The van der Waals surface area contributed by atoms with E-state index in [9.17, 15) is 18.0 Å². The van der Waals surface area contributed by atoms with Gasteiger partial charge in [-0.1, -0.05) is 11.6 Å². The Morgan fingerprint density at radius 2 is 1.66 bits per heavy atom. The molecule has 1 atom stereocenters. The molecule has 2 aromatic rings. The number of carbonyl (C=O) groups excluding carboxylic acids is 2. The quantitative estimate of drug-likeness (QED) is 0.546. The van der Waals surface area contributed by atoms with Gasteiger partial charge in [-0.15, -0.1) is 0 Å². The second-order valence-corrected chi connectivity index (χ2v) is 12.5. The summed E-state index contributed by atoms with van der Waals surface area (Å²) in [5.74, 6) is 0.532. The number of fused-ring (bicyclic) bond motifs is 1. The first-order valence-corrected chi connectivity index (χ1v) is 14.6. The summed E-state index contributed by atoms with van der Waals surface area (Å²) in [4.78, 5) is 27.8. The zero-order valence-electron chi connectivity index (χ0n) is 21.7. The van der Waals surface area contributed by atoms with Crippen LogP contribution in [-0.2, 0) is 26.0 Å². The number of sulfonamides is 1. The molecule has 11 heteroatoms. The first kappa shape index (κ1) is 26.8. The third-order valence-corrected chi connectivity index (χ3v) is 9.81. The number of piperidine rings is 1. The molecule has 1 saturated carbocycles. The average molecular weight is 562 g/mol. The maximum absolute atomic E-state index is 13.5. The van der Waals surface area contributed by atoms with E-state index in [1.807, 2.05) is 11.8 Å². The third-order valence-electron chi connectivity index (χ3n) is 7.62. The summed E-state index contributed by atoms with van der Waals surface area (Å²) in [5, 5.41) is 3.20. The summed E-state index contributed by atoms with van der Waals surface area (Å²) >= 11 is 6.21. The molecule has 5 rings (SSSR count). The van der Waals surface area contributed by atoms with Gasteiger partial charge in [0.05, 0.1) is 29.8 Å². The van der Waals surface area contributed by atoms with Gasteiger partial charge < -0.3 is 19.7 Å². The Hall–Kier alpha value is -2.82. The van der Waals surface area contributed by atoms with Crippen molar-refractivity contribution < 1.29 is 27.5 Å². The molecule has 1 N–H and O–H groups in total. The van der Waals surface area contributed by atoms with E-state index in [-0.39, 0.29) is 47.7 Å². The van der Waals surface area contributed by atoms with Gasteiger partial charge in [0.15, 0.2) is 0 Å². The second-order valence-electron chi connectivity index (χ2n) is 10.2. The SMILES string of the molecule is COc1cc(OC)c(NC(=O)C2CCN(S(=O)(=O)c3ccc4c(c3)C[C@H](C)N4C(=O)C3CC3)CC2)cc1Cl. The molecule has 2 fully saturated rings. The van der Waals surface area contributed by atoms with E-state index in [0.29, 0.717) is 41.5 Å². The molecule has 0 unspecified atom stereocenters. The minimum absolute atomic E-state index is 0.0181. The fraction of sp³-hybridized carbons (Fsp3) is 0.481. The Morgan fingerprint density at radius 3 is 2.29 bits per heavy atom. The van der Waals surface area contributed by atoms with Crippen LogP contribution in [0, 0.1) is 11.8 Å². The number of nitrogens with one attached hydrogen (secondary N) is 1. The van der Waals surface area contributed by atoms with Gasteiger partial charge in [-0.2, -0.15) is 4.31 Å². The van der Waals surface area contributed by atoms with Crippen molar-refractivity contribution in [3.63, 3.8) is 0 Å². The molecule has 204 valence electrons. The van der Waals surface area contributed by atoms with Gasteiger partial charge >= 0.3 is 0 Å². The Labute approximate surface area is 228 Å². The van der Waals surface area contributed by atoms with Crippen molar-refractivity contribution in [1.82, 2.24) is 4.31 Å². The molecule has 2 aliphatic heterocycles. The molecule has 1 saturated heterocycles. The highest BCUT2D eigenvalue weighted by atomic mass is 35.5. The van der Waals surface area contributed by atoms with Crippen LogP contribution in [0.5, 0.6) is 11.5 Å². The monoisotopic (exact) mass is 561 g/mol. The first-order valence-electron chi connectivity index (χ1n) is 12.8. The van der Waals surface area contributed by atoms with E-state index in [4.69, 9.17) is 21.1 Å². The van der Waals surface area contributed by atoms with Crippen molar-refractivity contribution >= 4 is 44.8 Å². The van der Waals surface area contributed by atoms with Crippen molar-refractivity contribution in [1.29, 1.82) is 0 Å². The van der Waals surface area contributed by atoms with E-state index < -0.39 is 10.0 Å². The number of ether oxygens (including phenoxy) is 2. The molecular formula is C27H32ClN3O6S. The van der Waals surface area contributed by atoms with E-state index in [2.05, 4.69) is 5.32 Å². The Kier molecular flexibility index (Phi) is 7.32. The van der Waals surface area contributed by atoms with Crippen molar-refractivity contribution in [3.8, 4) is 11.5 Å². The second kappa shape index (κ2) is 10.4. The van der Waals surface area contributed by atoms with Crippen LogP contribution < -0.4 is 19.7 Å². The zero-order valence-corrected chi connectivity index (χ0v) is 23.3. The number of hydrogen-bond donors (Lipinski definition) is 1. The summed E-state index contributed by atoms with van der Waals surface area (Å²) in [6.07, 6.45) is 3.28. The van der Waals surface area contributed by atoms with Crippen LogP contribution in [0.3, 0.4) is 0 Å². The fourth-order valence-electron chi connectivity index (χ4n) is 5.33. The number of rotatable bonds is 7. The summed E-state index contributed by atoms with van der Waals surface area (Å²) < 4.78 is 38.9. The van der Waals surface area contributed by atoms with Crippen molar-refractivity contribution in [2.75, 3.05) is 37.5 Å². The first-order chi connectivity index (χ1) is 18.1. The molecule has 9 nitrogen and oxygen atoms in total. The molecule has 3 aliphatic rings. The largest absolute Gasteiger partial charge is 0.495 e. The number of hydrogen-bond acceptors (Lipinski definition) is 6. The number of anilines is 2. The lowest BCUT2D eigenvalue weighted by molar-refractivity contribution is -0.121. The van der Waals surface area contributed by atoms with Crippen molar-refractivity contribution in [2.45, 2.75) is 50.0 Å². The van der Waals surface area contributed by atoms with Crippen LogP contribution in [0.4, 0.5) is 11.4 Å². The van der Waals surface area contributed by atoms with E-state index in [1.165, 1.54) is 18.5 Å². The molecule has 2 heterocycles. The normalized spacial score (nSPS) is 20.2. The van der Waals surface area contributed by atoms with Gasteiger partial charge in [0.1, 0.15) is 11.5 Å². The maximum atomic E-state index is 13.5. The molecule has 0 spiro atoms. The molecule has 0 aromatic heterocycles. The zero-order chi connectivity index (χ0) is 27.2. The van der Waals surface area contributed by atoms with E-state index >= 15 is 0 Å². The van der Waals surface area contributed by atoms with Crippen LogP contribution in [0.15, 0.2) is 35.2 Å². The number of carbonyl (C=O) groups is 2. The topological polar surface area (TPSA) is 105 Å². The van der Waals surface area contributed by atoms with E-state index in [0.717, 1.165) is 24.1 Å². The lowest BCUT2D eigenvalue weighted by atomic mass is 9.97. The lowest BCUT2D eigenvalue weighted by Crippen LogP contribution is -2.41. The molecule has 0 bridgehead atoms. The van der Waals surface area contributed by atoms with E-state index in [1.54, 1.807) is 30.3 Å². The predicted molar refractivity (Wildman–Crippen MR) is 144 cm³/mol. The molecular weight excluding hydrogens is 530 g/mol. The molecule has 2 aromatic carbocycles. The number of methoxy groups -OCH3 is 2. The minimum atomic E-state index is -3.73. The number of halogens is 1. The minimum Gasteiger partial charge on any atom is -0.495 e. The fourth-order valence-corrected chi connectivity index (χ4v) is 7.09. The van der Waals surface area contributed by atoms with Crippen LogP contribution in [0.25, 0.3) is 0 Å². The Balaban J connectivity index is 1.24. The molecule has 1 aliphatic carbocycles. The highest BCUT2D eigenvalue weighted by Gasteiger charge is 2.40. The smallest absolute Gasteiger partial charge is 0.243 e. The predicted octanol–water partition coefficient (Wildman–Crippen LogP) is 4.08. The molecule has 0 radical (unpaired) electrons. The molecule has 38 heavy (non-hydrogen) atoms. The van der Waals surface area contributed by atoms with Crippen molar-refractivity contribution in [3.05, 3.63) is 40.9 Å². The summed E-state index contributed by atoms with van der Waals surface area (Å²) in [5.41, 5.74) is 2.13. The van der Waals surface area contributed by atoms with Crippen LogP contribution in [0.2, 0.25) is 5.02 Å². The van der Waals surface area contributed by atoms with Crippen molar-refractivity contribution in [2.24, 2.45) is 11.8 Å². The van der Waals surface area contributed by atoms with Gasteiger partial charge in [-0.05, 0) is 68.9 Å². The average Bonchev–Trinajstić information content (AvgIpc) is 3.70. The van der Waals surface area contributed by atoms with Gasteiger partial charge in [0, 0.05) is 42.7 Å². The van der Waals surface area contributed by atoms with Crippen LogP contribution in [-0.4, -0.2) is 57.9 Å². The number of nitrogens with zero attached hydrogens (tertiary/aromatic N) is 2. The maximum Gasteiger partial charge on any atom is 0.243 e. The summed E-state index contributed by atoms with van der Waals surface area (Å²) in [6.45, 7) is 2.47. The Bertz CT molecular complexity index is 1370. The Morgan fingerprint density at radius 1 is 0.974 bits per heavy atom. The van der Waals surface area contributed by atoms with Gasteiger partial charge in [0.2, 0.25) is 21.8 Å². The van der Waals surface area contributed by atoms with Crippen LogP contribution >= 0.6 is 11.6 Å². The standard InChI is InChI=1S/C27H32ClN3O6S/c1-16-12-19-13-20(6-7-23(19)31(16)27(33)18-4-5-18)38(34,35)30-10-8-17(9-11-30)26(32)29-22-14-21(28)24(36-2)15-25(22)37-3/h6-7,13-18H,4-5,8-12H2,1-3H3,(H,29,32)/t16-/m0/s1. The summed E-state index contributed by atoms with van der Waals surface area (Å²) in [7, 11) is -0.743. The molecule has 2 amide bonds. The van der Waals surface area contributed by atoms with Crippen LogP contribution in [0.1, 0.15) is 38.2 Å². The van der Waals surface area contributed by atoms with Gasteiger partial charge in [-0.25, -0.2) is 8.42 Å². The lowest BCUT2D eigenvalue weighted by Gasteiger charge is -2.31. The summed E-state index contributed by atoms with van der Waals surface area (Å²) in [6, 6.07) is 8.26.